The van der Waals surface area contributed by atoms with Gasteiger partial charge in [0.05, 0.1) is 11.5 Å². The summed E-state index contributed by atoms with van der Waals surface area (Å²) in [6.07, 6.45) is -3.28. The normalized spacial score (nSPS) is 12.5. The fourth-order valence-electron chi connectivity index (χ4n) is 3.96. The average molecular weight is 483 g/mol. The lowest BCUT2D eigenvalue weighted by molar-refractivity contribution is -0.141. The van der Waals surface area contributed by atoms with Crippen molar-refractivity contribution in [2.75, 3.05) is 0 Å². The molecule has 0 amide bonds. The van der Waals surface area contributed by atoms with E-state index in [-0.39, 0.29) is 24.2 Å². The Balaban J connectivity index is 1.60. The van der Waals surface area contributed by atoms with Gasteiger partial charge in [-0.25, -0.2) is 0 Å². The Morgan fingerprint density at radius 3 is 1.91 bits per heavy atom. The predicted molar refractivity (Wildman–Crippen MR) is 130 cm³/mol. The first-order valence-corrected chi connectivity index (χ1v) is 11.6. The third-order valence-corrected chi connectivity index (χ3v) is 6.14. The summed E-state index contributed by atoms with van der Waals surface area (Å²) in [5.74, 6) is -2.18. The predicted octanol–water partition coefficient (Wildman–Crippen LogP) is 7.13. The summed E-state index contributed by atoms with van der Waals surface area (Å²) >= 11 is 0. The van der Waals surface area contributed by atoms with Gasteiger partial charge >= 0.3 is 12.1 Å². The topological polar surface area (TPSA) is 54.4 Å². The Morgan fingerprint density at radius 1 is 0.829 bits per heavy atom. The van der Waals surface area contributed by atoms with Crippen LogP contribution < -0.4 is 0 Å². The van der Waals surface area contributed by atoms with Crippen molar-refractivity contribution >= 4 is 11.8 Å². The van der Waals surface area contributed by atoms with E-state index < -0.39 is 23.6 Å². The molecule has 0 aliphatic heterocycles. The number of carboxylic acids is 1. The summed E-state index contributed by atoms with van der Waals surface area (Å²) in [5, 5.41) is 9.55. The lowest BCUT2D eigenvalue weighted by atomic mass is 9.91. The molecule has 3 nitrogen and oxygen atoms in total. The molecular formula is C29H29F3O3. The summed E-state index contributed by atoms with van der Waals surface area (Å²) in [7, 11) is 0. The second-order valence-electron chi connectivity index (χ2n) is 9.16. The fourth-order valence-corrected chi connectivity index (χ4v) is 3.96. The molecule has 0 heterocycles. The minimum atomic E-state index is -4.51. The number of ketones is 1. The van der Waals surface area contributed by atoms with E-state index in [2.05, 4.69) is 38.1 Å². The second-order valence-corrected chi connectivity index (χ2v) is 9.16. The van der Waals surface area contributed by atoms with Crippen molar-refractivity contribution in [1.29, 1.82) is 0 Å². The van der Waals surface area contributed by atoms with E-state index in [1.165, 1.54) is 23.3 Å². The van der Waals surface area contributed by atoms with Gasteiger partial charge in [-0.2, -0.15) is 13.2 Å². The molecule has 1 unspecified atom stereocenters. The lowest BCUT2D eigenvalue weighted by Crippen LogP contribution is -2.21. The number of aliphatic carboxylic acids is 1. The molecule has 0 radical (unpaired) electrons. The van der Waals surface area contributed by atoms with E-state index in [0.29, 0.717) is 11.5 Å². The zero-order valence-electron chi connectivity index (χ0n) is 19.8. The van der Waals surface area contributed by atoms with Crippen LogP contribution in [0.15, 0.2) is 72.8 Å². The van der Waals surface area contributed by atoms with Crippen molar-refractivity contribution in [2.24, 2.45) is 5.92 Å². The van der Waals surface area contributed by atoms with Crippen LogP contribution in [0.2, 0.25) is 0 Å². The van der Waals surface area contributed by atoms with Crippen LogP contribution in [-0.4, -0.2) is 16.9 Å². The Bertz CT molecular complexity index is 1150. The fraction of sp³-hybridized carbons (Fsp3) is 0.310. The number of carbonyl (C=O) groups is 2. The van der Waals surface area contributed by atoms with Gasteiger partial charge in [-0.15, -0.1) is 0 Å². The average Bonchev–Trinajstić information content (AvgIpc) is 2.82. The molecule has 0 aromatic heterocycles. The number of hydrogen-bond acceptors (Lipinski definition) is 2. The molecule has 184 valence electrons. The lowest BCUT2D eigenvalue weighted by Gasteiger charge is -2.14. The summed E-state index contributed by atoms with van der Waals surface area (Å²) in [6.45, 7) is 4.31. The molecule has 0 saturated carbocycles. The molecule has 0 fully saturated rings. The molecule has 0 aliphatic rings. The number of rotatable bonds is 10. The summed E-state index contributed by atoms with van der Waals surface area (Å²) in [6, 6.07) is 20.2. The van der Waals surface area contributed by atoms with Crippen molar-refractivity contribution in [3.05, 3.63) is 106 Å². The number of alkyl halides is 3. The largest absolute Gasteiger partial charge is 0.481 e. The smallest absolute Gasteiger partial charge is 0.416 e. The summed E-state index contributed by atoms with van der Waals surface area (Å²) < 4.78 is 38.9. The third-order valence-electron chi connectivity index (χ3n) is 6.14. The van der Waals surface area contributed by atoms with Gasteiger partial charge in [0.15, 0.2) is 5.78 Å². The van der Waals surface area contributed by atoms with Gasteiger partial charge in [-0.3, -0.25) is 9.59 Å². The zero-order valence-corrected chi connectivity index (χ0v) is 19.8. The monoisotopic (exact) mass is 482 g/mol. The number of carboxylic acid groups (broad SMARTS) is 1. The molecule has 0 aliphatic carbocycles. The van der Waals surface area contributed by atoms with Crippen molar-refractivity contribution in [3.63, 3.8) is 0 Å². The second kappa shape index (κ2) is 11.3. The van der Waals surface area contributed by atoms with Crippen molar-refractivity contribution < 1.29 is 27.9 Å². The summed E-state index contributed by atoms with van der Waals surface area (Å²) in [4.78, 5) is 24.4. The van der Waals surface area contributed by atoms with Gasteiger partial charge < -0.3 is 5.11 Å². The van der Waals surface area contributed by atoms with Crippen LogP contribution in [-0.2, 0) is 30.2 Å². The highest BCUT2D eigenvalue weighted by atomic mass is 19.4. The molecule has 0 spiro atoms. The van der Waals surface area contributed by atoms with E-state index >= 15 is 0 Å². The first kappa shape index (κ1) is 26.2. The van der Waals surface area contributed by atoms with E-state index in [0.717, 1.165) is 30.5 Å². The molecule has 3 aromatic carbocycles. The molecule has 3 rings (SSSR count). The first-order valence-electron chi connectivity index (χ1n) is 11.6. The van der Waals surface area contributed by atoms with Crippen LogP contribution in [0, 0.1) is 5.92 Å². The van der Waals surface area contributed by atoms with E-state index in [4.69, 9.17) is 0 Å². The Labute approximate surface area is 203 Å². The quantitative estimate of drug-likeness (QED) is 0.313. The molecule has 35 heavy (non-hydrogen) atoms. The molecule has 0 saturated heterocycles. The van der Waals surface area contributed by atoms with Gasteiger partial charge in [0.1, 0.15) is 0 Å². The maximum absolute atomic E-state index is 13.0. The molecule has 3 aromatic rings. The molecule has 1 N–H and O–H groups in total. The van der Waals surface area contributed by atoms with Crippen LogP contribution in [0.4, 0.5) is 13.2 Å². The van der Waals surface area contributed by atoms with Gasteiger partial charge in [-0.05, 0) is 53.5 Å². The van der Waals surface area contributed by atoms with Crippen molar-refractivity contribution in [3.8, 4) is 0 Å². The highest BCUT2D eigenvalue weighted by Gasteiger charge is 2.31. The maximum Gasteiger partial charge on any atom is 0.416 e. The van der Waals surface area contributed by atoms with E-state index in [9.17, 15) is 27.9 Å². The number of hydrogen-bond donors (Lipinski definition) is 1. The number of benzene rings is 3. The van der Waals surface area contributed by atoms with Gasteiger partial charge in [0.2, 0.25) is 0 Å². The molecule has 1 atom stereocenters. The van der Waals surface area contributed by atoms with Gasteiger partial charge in [0.25, 0.3) is 0 Å². The zero-order chi connectivity index (χ0) is 25.6. The van der Waals surface area contributed by atoms with Crippen molar-refractivity contribution in [2.45, 2.75) is 51.6 Å². The standard InChI is InChI=1S/C29H29F3O3/c1-19(2)23-12-8-20(9-13-23)6-7-21-10-14-24(15-11-21)27(33)18-25(28(34)35)16-22-4-3-5-26(17-22)29(30,31)32/h3-5,8-15,17,19,25H,6-7,16,18H2,1-2H3,(H,34,35). The number of carbonyl (C=O) groups excluding carboxylic acids is 1. The summed E-state index contributed by atoms with van der Waals surface area (Å²) in [5.41, 5.74) is 3.38. The Hall–Kier alpha value is -3.41. The van der Waals surface area contributed by atoms with Gasteiger partial charge in [-0.1, -0.05) is 80.6 Å². The van der Waals surface area contributed by atoms with Crippen LogP contribution in [0.5, 0.6) is 0 Å². The number of halogens is 3. The Kier molecular flexibility index (Phi) is 8.49. The maximum atomic E-state index is 13.0. The van der Waals surface area contributed by atoms with Crippen LogP contribution in [0.1, 0.15) is 64.4 Å². The van der Waals surface area contributed by atoms with Crippen LogP contribution >= 0.6 is 0 Å². The van der Waals surface area contributed by atoms with Crippen LogP contribution in [0.3, 0.4) is 0 Å². The Morgan fingerprint density at radius 2 is 1.40 bits per heavy atom. The minimum Gasteiger partial charge on any atom is -0.481 e. The highest BCUT2D eigenvalue weighted by molar-refractivity contribution is 5.98. The SMILES string of the molecule is CC(C)c1ccc(CCc2ccc(C(=O)CC(Cc3cccc(C(F)(F)F)c3)C(=O)O)cc2)cc1. The number of aryl methyl sites for hydroxylation is 2. The minimum absolute atomic E-state index is 0.154. The highest BCUT2D eigenvalue weighted by Crippen LogP contribution is 2.30. The first-order chi connectivity index (χ1) is 16.5. The number of Topliss-reactive ketones (excluding diaryl/α,β-unsaturated/α-hetero) is 1. The van der Waals surface area contributed by atoms with E-state index in [1.54, 1.807) is 12.1 Å². The van der Waals surface area contributed by atoms with Crippen LogP contribution in [0.25, 0.3) is 0 Å². The molecule has 6 heteroatoms. The van der Waals surface area contributed by atoms with E-state index in [1.807, 2.05) is 12.1 Å². The molecular weight excluding hydrogens is 453 g/mol. The van der Waals surface area contributed by atoms with Gasteiger partial charge in [0, 0.05) is 12.0 Å². The van der Waals surface area contributed by atoms with Crippen molar-refractivity contribution in [1.82, 2.24) is 0 Å². The molecule has 0 bridgehead atoms. The third kappa shape index (κ3) is 7.54.